The molecular weight excluding hydrogens is 224 g/mol. The molecule has 2 atom stereocenters. The van der Waals surface area contributed by atoms with Gasteiger partial charge in [-0.3, -0.25) is 4.18 Å². The molecule has 0 unspecified atom stereocenters. The fourth-order valence-electron chi connectivity index (χ4n) is 1.44. The Hall–Kier alpha value is -0.860. The SMILES string of the molecule is CS(=O)(=O)OC[C@H]1CN(C(=O)O)C[C@H]1N. The van der Waals surface area contributed by atoms with Gasteiger partial charge in [-0.15, -0.1) is 0 Å². The van der Waals surface area contributed by atoms with Gasteiger partial charge in [0.1, 0.15) is 0 Å². The molecule has 8 heteroatoms. The second-order valence-electron chi connectivity index (χ2n) is 3.60. The largest absolute Gasteiger partial charge is 0.465 e. The van der Waals surface area contributed by atoms with Crippen LogP contribution in [0.25, 0.3) is 0 Å². The van der Waals surface area contributed by atoms with Crippen LogP contribution in [0.1, 0.15) is 0 Å². The van der Waals surface area contributed by atoms with Gasteiger partial charge in [-0.1, -0.05) is 0 Å². The van der Waals surface area contributed by atoms with Crippen LogP contribution in [-0.4, -0.2) is 56.5 Å². The van der Waals surface area contributed by atoms with E-state index in [0.29, 0.717) is 0 Å². The molecule has 7 nitrogen and oxygen atoms in total. The number of carbonyl (C=O) groups is 1. The second-order valence-corrected chi connectivity index (χ2v) is 5.24. The Kier molecular flexibility index (Phi) is 3.53. The van der Waals surface area contributed by atoms with E-state index in [4.69, 9.17) is 10.8 Å². The number of likely N-dealkylation sites (tertiary alicyclic amines) is 1. The highest BCUT2D eigenvalue weighted by Gasteiger charge is 2.33. The maximum atomic E-state index is 10.7. The molecule has 0 saturated carbocycles. The molecule has 0 aromatic rings. The summed E-state index contributed by atoms with van der Waals surface area (Å²) in [5.41, 5.74) is 5.66. The van der Waals surface area contributed by atoms with Crippen molar-refractivity contribution in [2.45, 2.75) is 6.04 Å². The van der Waals surface area contributed by atoms with E-state index in [1.165, 1.54) is 0 Å². The van der Waals surface area contributed by atoms with Crippen LogP contribution in [0.5, 0.6) is 0 Å². The predicted molar refractivity (Wildman–Crippen MR) is 51.9 cm³/mol. The van der Waals surface area contributed by atoms with Gasteiger partial charge in [-0.25, -0.2) is 4.79 Å². The number of nitrogens with two attached hydrogens (primary N) is 1. The third-order valence-electron chi connectivity index (χ3n) is 2.26. The summed E-state index contributed by atoms with van der Waals surface area (Å²) in [5.74, 6) is -0.268. The van der Waals surface area contributed by atoms with Gasteiger partial charge >= 0.3 is 6.09 Å². The second kappa shape index (κ2) is 4.33. The highest BCUT2D eigenvalue weighted by molar-refractivity contribution is 7.85. The lowest BCUT2D eigenvalue weighted by Crippen LogP contribution is -2.33. The average Bonchev–Trinajstić information content (AvgIpc) is 2.42. The van der Waals surface area contributed by atoms with Crippen LogP contribution < -0.4 is 5.73 Å². The Bertz CT molecular complexity index is 341. The predicted octanol–water partition coefficient (Wildman–Crippen LogP) is -1.10. The lowest BCUT2D eigenvalue weighted by molar-refractivity contribution is 0.152. The molecule has 15 heavy (non-hydrogen) atoms. The Balaban J connectivity index is 2.48. The normalized spacial score (nSPS) is 26.9. The minimum Gasteiger partial charge on any atom is -0.465 e. The van der Waals surface area contributed by atoms with E-state index in [1.54, 1.807) is 0 Å². The fourth-order valence-corrected chi connectivity index (χ4v) is 1.86. The van der Waals surface area contributed by atoms with Crippen LogP contribution in [0.3, 0.4) is 0 Å². The molecule has 0 aromatic carbocycles. The third kappa shape index (κ3) is 3.65. The number of amides is 1. The van der Waals surface area contributed by atoms with Crippen molar-refractivity contribution >= 4 is 16.2 Å². The van der Waals surface area contributed by atoms with E-state index in [-0.39, 0.29) is 31.7 Å². The van der Waals surface area contributed by atoms with Crippen molar-refractivity contribution in [2.24, 2.45) is 11.7 Å². The number of rotatable bonds is 3. The van der Waals surface area contributed by atoms with Gasteiger partial charge < -0.3 is 15.7 Å². The topological polar surface area (TPSA) is 110 Å². The summed E-state index contributed by atoms with van der Waals surface area (Å²) in [6.45, 7) is 0.364. The first-order valence-electron chi connectivity index (χ1n) is 4.37. The van der Waals surface area contributed by atoms with Crippen molar-refractivity contribution in [1.82, 2.24) is 4.90 Å². The van der Waals surface area contributed by atoms with E-state index in [9.17, 15) is 13.2 Å². The molecule has 0 bridgehead atoms. The molecule has 1 saturated heterocycles. The maximum absolute atomic E-state index is 10.7. The molecule has 0 spiro atoms. The summed E-state index contributed by atoms with van der Waals surface area (Å²) >= 11 is 0. The first-order valence-corrected chi connectivity index (χ1v) is 6.19. The fraction of sp³-hybridized carbons (Fsp3) is 0.857. The molecule has 1 fully saturated rings. The molecule has 1 aliphatic rings. The molecular formula is C7H14N2O5S. The highest BCUT2D eigenvalue weighted by atomic mass is 32.2. The summed E-state index contributed by atoms with van der Waals surface area (Å²) in [5, 5.41) is 8.69. The summed E-state index contributed by atoms with van der Waals surface area (Å²) in [7, 11) is -3.49. The van der Waals surface area contributed by atoms with Gasteiger partial charge in [0.25, 0.3) is 10.1 Å². The Morgan fingerprint density at radius 2 is 2.20 bits per heavy atom. The molecule has 1 rings (SSSR count). The molecule has 1 heterocycles. The molecule has 0 aromatic heterocycles. The lowest BCUT2D eigenvalue weighted by atomic mass is 10.1. The Morgan fingerprint density at radius 3 is 2.60 bits per heavy atom. The van der Waals surface area contributed by atoms with E-state index in [1.807, 2.05) is 0 Å². The standard InChI is InChI=1S/C7H14N2O5S/c1-15(12,13)14-4-5-2-9(7(10)11)3-6(5)8/h5-6H,2-4,8H2,1H3,(H,10,11)/t5-,6-/m1/s1. The van der Waals surface area contributed by atoms with E-state index < -0.39 is 16.2 Å². The number of carboxylic acid groups (broad SMARTS) is 1. The third-order valence-corrected chi connectivity index (χ3v) is 2.82. The quantitative estimate of drug-likeness (QED) is 0.604. The van der Waals surface area contributed by atoms with Crippen molar-refractivity contribution in [3.8, 4) is 0 Å². The summed E-state index contributed by atoms with van der Waals surface area (Å²) < 4.78 is 26.0. The van der Waals surface area contributed by atoms with Crippen molar-refractivity contribution in [2.75, 3.05) is 26.0 Å². The zero-order valence-electron chi connectivity index (χ0n) is 8.29. The van der Waals surface area contributed by atoms with Gasteiger partial charge in [-0.2, -0.15) is 8.42 Å². The lowest BCUT2D eigenvalue weighted by Gasteiger charge is -2.12. The Labute approximate surface area is 87.9 Å². The van der Waals surface area contributed by atoms with Crippen molar-refractivity contribution < 1.29 is 22.5 Å². The van der Waals surface area contributed by atoms with Crippen LogP contribution in [0, 0.1) is 5.92 Å². The molecule has 3 N–H and O–H groups in total. The zero-order chi connectivity index (χ0) is 11.6. The van der Waals surface area contributed by atoms with Gasteiger partial charge in [0, 0.05) is 25.0 Å². The monoisotopic (exact) mass is 238 g/mol. The summed E-state index contributed by atoms with van der Waals surface area (Å²) in [4.78, 5) is 11.8. The van der Waals surface area contributed by atoms with Crippen molar-refractivity contribution in [3.63, 3.8) is 0 Å². The maximum Gasteiger partial charge on any atom is 0.407 e. The minimum atomic E-state index is -3.49. The molecule has 1 aliphatic heterocycles. The van der Waals surface area contributed by atoms with Crippen LogP contribution in [0.2, 0.25) is 0 Å². The first-order chi connectivity index (χ1) is 6.79. The van der Waals surface area contributed by atoms with Crippen LogP contribution in [0.4, 0.5) is 4.79 Å². The first kappa shape index (κ1) is 12.2. The van der Waals surface area contributed by atoms with Crippen LogP contribution in [-0.2, 0) is 14.3 Å². The van der Waals surface area contributed by atoms with E-state index in [2.05, 4.69) is 4.18 Å². The highest BCUT2D eigenvalue weighted by Crippen LogP contribution is 2.16. The van der Waals surface area contributed by atoms with Gasteiger partial charge in [0.05, 0.1) is 12.9 Å². The summed E-state index contributed by atoms with van der Waals surface area (Å²) in [6.07, 6.45) is -0.102. The van der Waals surface area contributed by atoms with E-state index in [0.717, 1.165) is 11.2 Å². The van der Waals surface area contributed by atoms with Crippen molar-refractivity contribution in [1.29, 1.82) is 0 Å². The average molecular weight is 238 g/mol. The smallest absolute Gasteiger partial charge is 0.407 e. The van der Waals surface area contributed by atoms with Crippen LogP contribution >= 0.6 is 0 Å². The number of hydrogen-bond donors (Lipinski definition) is 2. The Morgan fingerprint density at radius 1 is 1.60 bits per heavy atom. The molecule has 0 aliphatic carbocycles. The minimum absolute atomic E-state index is 0.0657. The number of nitrogens with zero attached hydrogens (tertiary/aromatic N) is 1. The molecule has 0 radical (unpaired) electrons. The number of hydrogen-bond acceptors (Lipinski definition) is 5. The molecule has 1 amide bonds. The summed E-state index contributed by atoms with van der Waals surface area (Å²) in [6, 6.07) is -0.372. The zero-order valence-corrected chi connectivity index (χ0v) is 9.11. The van der Waals surface area contributed by atoms with Crippen LogP contribution in [0.15, 0.2) is 0 Å². The van der Waals surface area contributed by atoms with E-state index >= 15 is 0 Å². The van der Waals surface area contributed by atoms with Gasteiger partial charge in [0.15, 0.2) is 0 Å². The van der Waals surface area contributed by atoms with Crippen molar-refractivity contribution in [3.05, 3.63) is 0 Å². The molecule has 88 valence electrons. The van der Waals surface area contributed by atoms with Gasteiger partial charge in [0.2, 0.25) is 0 Å². The van der Waals surface area contributed by atoms with Gasteiger partial charge in [-0.05, 0) is 0 Å².